The second-order valence-electron chi connectivity index (χ2n) is 10.4. The number of rotatable bonds is 8. The van der Waals surface area contributed by atoms with Crippen molar-refractivity contribution in [3.63, 3.8) is 0 Å². The molecule has 1 aliphatic heterocycles. The molecule has 2 aliphatic rings. The summed E-state index contributed by atoms with van der Waals surface area (Å²) in [5.74, 6) is 0.0104. The number of carbonyl (C=O) groups excluding carboxylic acids is 1. The van der Waals surface area contributed by atoms with Crippen molar-refractivity contribution in [2.45, 2.75) is 70.4 Å². The first-order valence-corrected chi connectivity index (χ1v) is 13.2. The first-order chi connectivity index (χ1) is 17.4. The molecule has 194 valence electrons. The van der Waals surface area contributed by atoms with Gasteiger partial charge in [-0.15, -0.1) is 0 Å². The Morgan fingerprint density at radius 1 is 1.08 bits per heavy atom. The second kappa shape index (κ2) is 12.0. The molecule has 4 atom stereocenters. The smallest absolute Gasteiger partial charge is 0.309 e. The molecule has 4 rings (SSSR count). The number of nitro groups is 1. The molecule has 36 heavy (non-hydrogen) atoms. The minimum absolute atomic E-state index is 0.0214. The van der Waals surface area contributed by atoms with Gasteiger partial charge in [-0.3, -0.25) is 19.8 Å². The van der Waals surface area contributed by atoms with Crippen LogP contribution in [0.3, 0.4) is 0 Å². The number of halogens is 1. The summed E-state index contributed by atoms with van der Waals surface area (Å²) in [4.78, 5) is 26.5. The number of hydrogen-bond donors (Lipinski definition) is 0. The van der Waals surface area contributed by atoms with Crippen LogP contribution in [0.1, 0.15) is 74.1 Å². The highest BCUT2D eigenvalue weighted by molar-refractivity contribution is 5.72. The van der Waals surface area contributed by atoms with Crippen LogP contribution in [0.5, 0.6) is 0 Å². The molecule has 2 fully saturated rings. The van der Waals surface area contributed by atoms with Crippen molar-refractivity contribution >= 4 is 5.97 Å². The van der Waals surface area contributed by atoms with Crippen molar-refractivity contribution in [3.05, 3.63) is 81.2 Å². The first kappa shape index (κ1) is 26.3. The topological polar surface area (TPSA) is 72.7 Å². The van der Waals surface area contributed by atoms with Gasteiger partial charge in [-0.1, -0.05) is 29.8 Å². The van der Waals surface area contributed by atoms with Crippen LogP contribution in [0.15, 0.2) is 48.5 Å². The molecule has 1 saturated heterocycles. The number of aryl methyl sites for hydroxylation is 1. The molecule has 0 bridgehead atoms. The Bertz CT molecular complexity index is 1020. The molecule has 0 spiro atoms. The number of ether oxygens (including phenoxy) is 1. The van der Waals surface area contributed by atoms with Gasteiger partial charge in [0, 0.05) is 22.9 Å². The quantitative estimate of drug-likeness (QED) is 0.252. The lowest BCUT2D eigenvalue weighted by Gasteiger charge is -2.45. The van der Waals surface area contributed by atoms with Gasteiger partial charge >= 0.3 is 5.97 Å². The number of esters is 1. The molecule has 7 heteroatoms. The van der Waals surface area contributed by atoms with E-state index in [1.54, 1.807) is 12.1 Å². The summed E-state index contributed by atoms with van der Waals surface area (Å²) in [6.07, 6.45) is 4.87. The number of piperidine rings is 1. The van der Waals surface area contributed by atoms with Gasteiger partial charge in [0.2, 0.25) is 6.04 Å². The minimum Gasteiger partial charge on any atom is -0.466 e. The largest absolute Gasteiger partial charge is 0.466 e. The SMILES string of the molecule is CCOC(=O)C1CCN(C2CCC(CC(c3ccc(F)cc3)[N+](=O)[O-])CC2c2ccc(C)cc2)CC1. The number of hydrogen-bond acceptors (Lipinski definition) is 5. The van der Waals surface area contributed by atoms with Gasteiger partial charge < -0.3 is 4.74 Å². The molecule has 0 aromatic heterocycles. The van der Waals surface area contributed by atoms with E-state index in [1.807, 2.05) is 6.92 Å². The van der Waals surface area contributed by atoms with Crippen LogP contribution in [0.25, 0.3) is 0 Å². The zero-order chi connectivity index (χ0) is 25.7. The van der Waals surface area contributed by atoms with Crippen molar-refractivity contribution in [2.24, 2.45) is 11.8 Å². The highest BCUT2D eigenvalue weighted by Crippen LogP contribution is 2.43. The molecule has 0 N–H and O–H groups in total. The van der Waals surface area contributed by atoms with Crippen LogP contribution in [0.4, 0.5) is 4.39 Å². The third-order valence-electron chi connectivity index (χ3n) is 8.11. The van der Waals surface area contributed by atoms with Crippen LogP contribution in [0, 0.1) is 34.7 Å². The van der Waals surface area contributed by atoms with E-state index in [0.717, 1.165) is 45.2 Å². The van der Waals surface area contributed by atoms with Gasteiger partial charge in [0.05, 0.1) is 12.5 Å². The molecule has 4 unspecified atom stereocenters. The number of likely N-dealkylation sites (tertiary alicyclic amines) is 1. The lowest BCUT2D eigenvalue weighted by Crippen LogP contribution is -2.47. The van der Waals surface area contributed by atoms with Crippen LogP contribution < -0.4 is 0 Å². The molecule has 2 aromatic rings. The standard InChI is InChI=1S/C29H37FN2O4/c1-3-36-29(33)24-14-16-31(17-15-24)27-13-6-21(18-26(27)22-7-4-20(2)5-8-22)19-28(32(34)35)23-9-11-25(30)12-10-23/h4-5,7-12,21,24,26-28H,3,6,13-19H2,1-2H3. The summed E-state index contributed by atoms with van der Waals surface area (Å²) in [6, 6.07) is 13.9. The summed E-state index contributed by atoms with van der Waals surface area (Å²) in [5, 5.41) is 12.0. The highest BCUT2D eigenvalue weighted by Gasteiger charge is 2.39. The molecule has 0 amide bonds. The van der Waals surface area contributed by atoms with Gasteiger partial charge in [-0.25, -0.2) is 4.39 Å². The van der Waals surface area contributed by atoms with E-state index < -0.39 is 6.04 Å². The van der Waals surface area contributed by atoms with Gasteiger partial charge in [-0.2, -0.15) is 0 Å². The number of carbonyl (C=O) groups is 1. The molecule has 1 heterocycles. The lowest BCUT2D eigenvalue weighted by molar-refractivity contribution is -0.531. The fourth-order valence-electron chi connectivity index (χ4n) is 6.14. The van der Waals surface area contributed by atoms with Crippen molar-refractivity contribution < 1.29 is 18.8 Å². The average molecular weight is 497 g/mol. The second-order valence-corrected chi connectivity index (χ2v) is 10.4. The molecule has 0 radical (unpaired) electrons. The maximum Gasteiger partial charge on any atom is 0.309 e. The number of nitrogens with zero attached hydrogens (tertiary/aromatic N) is 2. The van der Waals surface area contributed by atoms with E-state index in [-0.39, 0.29) is 34.5 Å². The Balaban J connectivity index is 1.49. The Morgan fingerprint density at radius 3 is 2.36 bits per heavy atom. The van der Waals surface area contributed by atoms with Crippen molar-refractivity contribution in [1.82, 2.24) is 4.90 Å². The predicted molar refractivity (Wildman–Crippen MR) is 137 cm³/mol. The van der Waals surface area contributed by atoms with E-state index in [4.69, 9.17) is 4.74 Å². The third-order valence-corrected chi connectivity index (χ3v) is 8.11. The van der Waals surface area contributed by atoms with Gasteiger partial charge in [0.15, 0.2) is 0 Å². The van der Waals surface area contributed by atoms with Crippen LogP contribution >= 0.6 is 0 Å². The highest BCUT2D eigenvalue weighted by atomic mass is 19.1. The van der Waals surface area contributed by atoms with E-state index in [1.165, 1.54) is 23.3 Å². The van der Waals surface area contributed by atoms with Gasteiger partial charge in [0.25, 0.3) is 0 Å². The summed E-state index contributed by atoms with van der Waals surface area (Å²) in [7, 11) is 0. The normalized spacial score (nSPS) is 24.2. The Kier molecular flexibility index (Phi) is 8.72. The molecule has 1 aliphatic carbocycles. The zero-order valence-electron chi connectivity index (χ0n) is 21.3. The molecular formula is C29H37FN2O4. The van der Waals surface area contributed by atoms with Crippen LogP contribution in [-0.2, 0) is 9.53 Å². The third kappa shape index (κ3) is 6.30. The van der Waals surface area contributed by atoms with E-state index in [9.17, 15) is 19.3 Å². The predicted octanol–water partition coefficient (Wildman–Crippen LogP) is 6.07. The van der Waals surface area contributed by atoms with Crippen molar-refractivity contribution in [3.8, 4) is 0 Å². The molecule has 6 nitrogen and oxygen atoms in total. The van der Waals surface area contributed by atoms with E-state index >= 15 is 0 Å². The van der Waals surface area contributed by atoms with Gasteiger partial charge in [0.1, 0.15) is 5.82 Å². The Labute approximate surface area is 213 Å². The summed E-state index contributed by atoms with van der Waals surface area (Å²) < 4.78 is 18.6. The van der Waals surface area contributed by atoms with Crippen LogP contribution in [0.2, 0.25) is 0 Å². The summed E-state index contributed by atoms with van der Waals surface area (Å²) in [6.45, 7) is 6.08. The summed E-state index contributed by atoms with van der Waals surface area (Å²) >= 11 is 0. The maximum atomic E-state index is 13.4. The zero-order valence-corrected chi connectivity index (χ0v) is 21.3. The van der Waals surface area contributed by atoms with Crippen molar-refractivity contribution in [2.75, 3.05) is 19.7 Å². The van der Waals surface area contributed by atoms with Crippen molar-refractivity contribution in [1.29, 1.82) is 0 Å². The molecule has 2 aromatic carbocycles. The average Bonchev–Trinajstić information content (AvgIpc) is 2.88. The fraction of sp³-hybridized carbons (Fsp3) is 0.552. The molecular weight excluding hydrogens is 459 g/mol. The lowest BCUT2D eigenvalue weighted by atomic mass is 9.71. The fourth-order valence-corrected chi connectivity index (χ4v) is 6.14. The maximum absolute atomic E-state index is 13.4. The first-order valence-electron chi connectivity index (χ1n) is 13.2. The Morgan fingerprint density at radius 2 is 1.75 bits per heavy atom. The monoisotopic (exact) mass is 496 g/mol. The number of benzene rings is 2. The van der Waals surface area contributed by atoms with Gasteiger partial charge in [-0.05, 0) is 101 Å². The Hall–Kier alpha value is -2.80. The van der Waals surface area contributed by atoms with E-state index in [0.29, 0.717) is 24.6 Å². The summed E-state index contributed by atoms with van der Waals surface area (Å²) in [5.41, 5.74) is 3.06. The minimum atomic E-state index is -0.828. The molecule has 1 saturated carbocycles. The van der Waals surface area contributed by atoms with Crippen LogP contribution in [-0.4, -0.2) is 41.5 Å². The van der Waals surface area contributed by atoms with E-state index in [2.05, 4.69) is 36.1 Å².